The van der Waals surface area contributed by atoms with Crippen molar-refractivity contribution >= 4 is 16.9 Å². The Morgan fingerprint density at radius 1 is 1.33 bits per heavy atom. The molecule has 0 radical (unpaired) electrons. The van der Waals surface area contributed by atoms with Crippen molar-refractivity contribution < 1.29 is 0 Å². The Kier molecular flexibility index (Phi) is 8.78. The molecule has 0 atom stereocenters. The van der Waals surface area contributed by atoms with Crippen LogP contribution in [0.5, 0.6) is 0 Å². The number of unbranched alkanes of at least 4 members (excludes halogenated alkanes) is 3. The summed E-state index contributed by atoms with van der Waals surface area (Å²) in [6, 6.07) is 0. The molecule has 0 saturated heterocycles. The van der Waals surface area contributed by atoms with Crippen LogP contribution in [0.4, 0.5) is 0 Å². The largest absolute Gasteiger partial charge is 0.368 e. The molecule has 0 fully saturated rings. The van der Waals surface area contributed by atoms with Crippen molar-refractivity contribution in [2.24, 2.45) is 4.99 Å². The lowest BCUT2D eigenvalue weighted by Gasteiger charge is -2.03. The third-order valence-corrected chi connectivity index (χ3v) is 2.81. The van der Waals surface area contributed by atoms with Gasteiger partial charge in [-0.2, -0.15) is 0 Å². The maximum Gasteiger partial charge on any atom is 0.156 e. The Bertz CT molecular complexity index is 124. The molecule has 1 N–H and O–H groups in total. The summed E-state index contributed by atoms with van der Waals surface area (Å²) in [5.74, 6) is 1.19. The van der Waals surface area contributed by atoms with Gasteiger partial charge in [-0.15, -0.1) is 0 Å². The summed E-state index contributed by atoms with van der Waals surface area (Å²) in [6.45, 7) is 2.24. The average molecular weight is 188 g/mol. The van der Waals surface area contributed by atoms with Gasteiger partial charge in [-0.25, -0.2) is 0 Å². The van der Waals surface area contributed by atoms with Crippen LogP contribution >= 0.6 is 11.8 Å². The molecule has 72 valence electrons. The summed E-state index contributed by atoms with van der Waals surface area (Å²) < 4.78 is 0. The van der Waals surface area contributed by atoms with Crippen LogP contribution in [0, 0.1) is 0 Å². The first-order chi connectivity index (χ1) is 5.85. The van der Waals surface area contributed by atoms with Crippen molar-refractivity contribution in [2.45, 2.75) is 32.6 Å². The summed E-state index contributed by atoms with van der Waals surface area (Å²) in [5.41, 5.74) is 0. The van der Waals surface area contributed by atoms with Crippen LogP contribution in [0.2, 0.25) is 0 Å². The first-order valence-corrected chi connectivity index (χ1v) is 5.61. The van der Waals surface area contributed by atoms with Crippen molar-refractivity contribution in [3.8, 4) is 0 Å². The van der Waals surface area contributed by atoms with Gasteiger partial charge < -0.3 is 5.32 Å². The van der Waals surface area contributed by atoms with E-state index in [4.69, 9.17) is 0 Å². The van der Waals surface area contributed by atoms with Gasteiger partial charge in [-0.1, -0.05) is 37.9 Å². The van der Waals surface area contributed by atoms with Gasteiger partial charge in [0.25, 0.3) is 0 Å². The SMILES string of the molecule is CCCCCCSC(=NC)NC. The van der Waals surface area contributed by atoms with Crippen LogP contribution in [0.25, 0.3) is 0 Å². The van der Waals surface area contributed by atoms with Crippen LogP contribution in [0.15, 0.2) is 4.99 Å². The van der Waals surface area contributed by atoms with Gasteiger partial charge in [0.05, 0.1) is 0 Å². The molecule has 0 rings (SSSR count). The van der Waals surface area contributed by atoms with Gasteiger partial charge in [0.2, 0.25) is 0 Å². The molecule has 0 aromatic heterocycles. The highest BCUT2D eigenvalue weighted by molar-refractivity contribution is 8.13. The fourth-order valence-electron chi connectivity index (χ4n) is 0.946. The van der Waals surface area contributed by atoms with Gasteiger partial charge in [-0.3, -0.25) is 4.99 Å². The standard InChI is InChI=1S/C9H20N2S/c1-4-5-6-7-8-12-9(10-2)11-3/h4-8H2,1-3H3,(H,10,11). The van der Waals surface area contributed by atoms with Crippen LogP contribution in [0.1, 0.15) is 32.6 Å². The van der Waals surface area contributed by atoms with Crippen molar-refractivity contribution in [1.29, 1.82) is 0 Å². The number of aliphatic imine (C=N–C) groups is 1. The predicted molar refractivity (Wildman–Crippen MR) is 59.0 cm³/mol. The summed E-state index contributed by atoms with van der Waals surface area (Å²) in [6.07, 6.45) is 5.33. The number of amidine groups is 1. The first kappa shape index (κ1) is 11.8. The third-order valence-electron chi connectivity index (χ3n) is 1.65. The third kappa shape index (κ3) is 6.53. The highest BCUT2D eigenvalue weighted by Gasteiger charge is 1.94. The monoisotopic (exact) mass is 188 g/mol. The lowest BCUT2D eigenvalue weighted by molar-refractivity contribution is 0.707. The second-order valence-corrected chi connectivity index (χ2v) is 3.77. The molecule has 0 aromatic rings. The maximum absolute atomic E-state index is 4.09. The molecular formula is C9H20N2S. The summed E-state index contributed by atoms with van der Waals surface area (Å²) in [7, 11) is 3.74. The van der Waals surface area contributed by atoms with Crippen LogP contribution in [-0.2, 0) is 0 Å². The summed E-state index contributed by atoms with van der Waals surface area (Å²) in [5, 5.41) is 4.10. The molecule has 0 spiro atoms. The zero-order valence-electron chi connectivity index (χ0n) is 8.39. The minimum absolute atomic E-state index is 1.05. The molecular weight excluding hydrogens is 168 g/mol. The van der Waals surface area contributed by atoms with Gasteiger partial charge in [-0.05, 0) is 6.42 Å². The molecule has 0 unspecified atom stereocenters. The molecule has 12 heavy (non-hydrogen) atoms. The fourth-order valence-corrected chi connectivity index (χ4v) is 1.76. The highest BCUT2D eigenvalue weighted by atomic mass is 32.2. The minimum Gasteiger partial charge on any atom is -0.368 e. The topological polar surface area (TPSA) is 24.4 Å². The molecule has 0 amide bonds. The second-order valence-electron chi connectivity index (χ2n) is 2.69. The molecule has 3 heteroatoms. The molecule has 2 nitrogen and oxygen atoms in total. The van der Waals surface area contributed by atoms with Crippen molar-refractivity contribution in [3.63, 3.8) is 0 Å². The van der Waals surface area contributed by atoms with Crippen molar-refractivity contribution in [1.82, 2.24) is 5.32 Å². The summed E-state index contributed by atoms with van der Waals surface area (Å²) in [4.78, 5) is 4.09. The Morgan fingerprint density at radius 2 is 2.08 bits per heavy atom. The Morgan fingerprint density at radius 3 is 2.58 bits per heavy atom. The number of nitrogens with zero attached hydrogens (tertiary/aromatic N) is 1. The van der Waals surface area contributed by atoms with E-state index >= 15 is 0 Å². The van der Waals surface area contributed by atoms with Crippen molar-refractivity contribution in [3.05, 3.63) is 0 Å². The number of rotatable bonds is 5. The maximum atomic E-state index is 4.09. The number of hydrogen-bond acceptors (Lipinski definition) is 2. The lowest BCUT2D eigenvalue weighted by atomic mass is 10.2. The summed E-state index contributed by atoms with van der Waals surface area (Å²) >= 11 is 1.81. The van der Waals surface area contributed by atoms with Crippen LogP contribution < -0.4 is 5.32 Å². The van der Waals surface area contributed by atoms with E-state index in [1.54, 1.807) is 0 Å². The van der Waals surface area contributed by atoms with Crippen molar-refractivity contribution in [2.75, 3.05) is 19.8 Å². The zero-order valence-corrected chi connectivity index (χ0v) is 9.21. The van der Waals surface area contributed by atoms with E-state index in [9.17, 15) is 0 Å². The Hall–Kier alpha value is -0.180. The minimum atomic E-state index is 1.05. The highest BCUT2D eigenvalue weighted by Crippen LogP contribution is 2.07. The Labute approximate surface area is 80.2 Å². The van der Waals surface area contributed by atoms with E-state index in [1.807, 2.05) is 25.9 Å². The molecule has 0 bridgehead atoms. The molecule has 0 aromatic carbocycles. The average Bonchev–Trinajstić information content (AvgIpc) is 2.11. The predicted octanol–water partition coefficient (Wildman–Crippen LogP) is 2.51. The molecule has 0 aliphatic carbocycles. The van der Waals surface area contributed by atoms with Gasteiger partial charge in [0.15, 0.2) is 5.17 Å². The van der Waals surface area contributed by atoms with Gasteiger partial charge in [0, 0.05) is 19.8 Å². The van der Waals surface area contributed by atoms with Gasteiger partial charge >= 0.3 is 0 Å². The molecule has 0 aliphatic heterocycles. The molecule has 0 aliphatic rings. The quantitative estimate of drug-likeness (QED) is 0.407. The van der Waals surface area contributed by atoms with E-state index in [-0.39, 0.29) is 0 Å². The van der Waals surface area contributed by atoms with E-state index < -0.39 is 0 Å². The lowest BCUT2D eigenvalue weighted by Crippen LogP contribution is -2.14. The smallest absolute Gasteiger partial charge is 0.156 e. The number of nitrogens with one attached hydrogen (secondary N) is 1. The second kappa shape index (κ2) is 8.91. The first-order valence-electron chi connectivity index (χ1n) is 4.62. The van der Waals surface area contributed by atoms with E-state index in [2.05, 4.69) is 17.2 Å². The van der Waals surface area contributed by atoms with E-state index in [0.717, 1.165) is 5.17 Å². The normalized spacial score (nSPS) is 11.8. The van der Waals surface area contributed by atoms with Gasteiger partial charge in [0.1, 0.15) is 0 Å². The Balaban J connectivity index is 3.18. The number of hydrogen-bond donors (Lipinski definition) is 1. The van der Waals surface area contributed by atoms with Crippen LogP contribution in [-0.4, -0.2) is 25.0 Å². The fraction of sp³-hybridized carbons (Fsp3) is 0.889. The molecule has 0 heterocycles. The number of thioether (sulfide) groups is 1. The van der Waals surface area contributed by atoms with E-state index in [0.29, 0.717) is 0 Å². The van der Waals surface area contributed by atoms with Crippen LogP contribution in [0.3, 0.4) is 0 Å². The van der Waals surface area contributed by atoms with E-state index in [1.165, 1.54) is 31.4 Å². The zero-order chi connectivity index (χ0) is 9.23. The molecule has 0 saturated carbocycles.